The largest absolute Gasteiger partial charge is 0.493 e. The molecule has 1 aliphatic rings. The Morgan fingerprint density at radius 3 is 2.55 bits per heavy atom. The molecular formula is C24H33IN4O2. The van der Waals surface area contributed by atoms with E-state index in [1.54, 1.807) is 7.11 Å². The van der Waals surface area contributed by atoms with Crippen LogP contribution < -0.4 is 20.3 Å². The second-order valence-electron chi connectivity index (χ2n) is 7.09. The molecule has 0 unspecified atom stereocenters. The molecule has 0 fully saturated rings. The molecule has 0 radical (unpaired) electrons. The van der Waals surface area contributed by atoms with Crippen LogP contribution in [0.25, 0.3) is 0 Å². The zero-order valence-electron chi connectivity index (χ0n) is 18.3. The molecule has 0 atom stereocenters. The Morgan fingerprint density at radius 2 is 1.84 bits per heavy atom. The number of guanidine groups is 1. The molecule has 0 amide bonds. The quantitative estimate of drug-likeness (QED) is 0.152. The normalized spacial score (nSPS) is 13.1. The fourth-order valence-electron chi connectivity index (χ4n) is 3.17. The van der Waals surface area contributed by atoms with Crippen molar-refractivity contribution in [3.05, 3.63) is 66.2 Å². The zero-order chi connectivity index (χ0) is 21.0. The first-order valence-corrected chi connectivity index (χ1v) is 10.5. The highest BCUT2D eigenvalue weighted by atomic mass is 127. The number of halogens is 1. The van der Waals surface area contributed by atoms with Crippen LogP contribution in [0.4, 0.5) is 11.4 Å². The van der Waals surface area contributed by atoms with E-state index in [1.807, 2.05) is 24.3 Å². The molecule has 2 N–H and O–H groups in total. The Bertz CT molecular complexity index is 832. The van der Waals surface area contributed by atoms with Gasteiger partial charge in [-0.1, -0.05) is 30.4 Å². The van der Waals surface area contributed by atoms with Crippen molar-refractivity contribution in [1.82, 2.24) is 5.32 Å². The lowest BCUT2D eigenvalue weighted by atomic mass is 10.2. The van der Waals surface area contributed by atoms with Gasteiger partial charge in [-0.25, -0.2) is 4.99 Å². The number of hydrogen-bond donors (Lipinski definition) is 2. The fraction of sp³-hybridized carbons (Fsp3) is 0.375. The third-order valence-corrected chi connectivity index (χ3v) is 4.74. The number of nitrogens with zero attached hydrogens (tertiary/aromatic N) is 2. The highest BCUT2D eigenvalue weighted by molar-refractivity contribution is 14.0. The van der Waals surface area contributed by atoms with Gasteiger partial charge in [0, 0.05) is 57.2 Å². The summed E-state index contributed by atoms with van der Waals surface area (Å²) in [4.78, 5) is 7.07. The van der Waals surface area contributed by atoms with Gasteiger partial charge >= 0.3 is 0 Å². The first-order valence-electron chi connectivity index (χ1n) is 10.5. The lowest BCUT2D eigenvalue weighted by molar-refractivity contribution is 0.172. The maximum absolute atomic E-state index is 5.78. The molecule has 0 aliphatic carbocycles. The van der Waals surface area contributed by atoms with Gasteiger partial charge in [0.25, 0.3) is 0 Å². The molecule has 0 aromatic heterocycles. The number of aliphatic imine (C=N–C) groups is 1. The summed E-state index contributed by atoms with van der Waals surface area (Å²) in [6, 6.07) is 16.6. The van der Waals surface area contributed by atoms with Crippen LogP contribution in [-0.2, 0) is 11.3 Å². The fourth-order valence-corrected chi connectivity index (χ4v) is 3.17. The maximum atomic E-state index is 5.78. The minimum Gasteiger partial charge on any atom is -0.493 e. The van der Waals surface area contributed by atoms with E-state index in [4.69, 9.17) is 14.5 Å². The van der Waals surface area contributed by atoms with E-state index in [0.717, 1.165) is 43.5 Å². The van der Waals surface area contributed by atoms with Crippen molar-refractivity contribution in [3.63, 3.8) is 0 Å². The van der Waals surface area contributed by atoms with E-state index in [2.05, 4.69) is 58.9 Å². The van der Waals surface area contributed by atoms with Gasteiger partial charge in [0.2, 0.25) is 0 Å². The Labute approximate surface area is 202 Å². The van der Waals surface area contributed by atoms with Crippen LogP contribution in [0.3, 0.4) is 0 Å². The predicted octanol–water partition coefficient (Wildman–Crippen LogP) is 4.67. The lowest BCUT2D eigenvalue weighted by Crippen LogP contribution is -2.30. The van der Waals surface area contributed by atoms with Crippen LogP contribution in [0.2, 0.25) is 0 Å². The molecule has 0 saturated heterocycles. The van der Waals surface area contributed by atoms with Gasteiger partial charge in [0.15, 0.2) is 5.96 Å². The second kappa shape index (κ2) is 13.9. The highest BCUT2D eigenvalue weighted by Gasteiger charge is 2.07. The number of nitrogens with one attached hydrogen (secondary N) is 2. The first-order chi connectivity index (χ1) is 14.8. The van der Waals surface area contributed by atoms with Crippen molar-refractivity contribution in [3.8, 4) is 5.75 Å². The second-order valence-corrected chi connectivity index (χ2v) is 7.09. The van der Waals surface area contributed by atoms with Crippen molar-refractivity contribution < 1.29 is 9.47 Å². The van der Waals surface area contributed by atoms with Crippen molar-refractivity contribution in [2.75, 3.05) is 50.2 Å². The van der Waals surface area contributed by atoms with E-state index in [0.29, 0.717) is 19.8 Å². The number of benzene rings is 2. The summed E-state index contributed by atoms with van der Waals surface area (Å²) < 4.78 is 10.8. The van der Waals surface area contributed by atoms with E-state index < -0.39 is 0 Å². The van der Waals surface area contributed by atoms with Gasteiger partial charge < -0.3 is 25.0 Å². The summed E-state index contributed by atoms with van der Waals surface area (Å²) in [6.45, 7) is 6.77. The molecule has 2 aromatic carbocycles. The van der Waals surface area contributed by atoms with Gasteiger partial charge in [0.1, 0.15) is 5.75 Å². The van der Waals surface area contributed by atoms with Gasteiger partial charge in [-0.3, -0.25) is 0 Å². The van der Waals surface area contributed by atoms with E-state index >= 15 is 0 Å². The standard InChI is InChI=1S/C24H32N4O2.HI/c1-3-25-24(27-21-8-6-9-23(18-21)30-17-7-16-29-2)26-19-20-10-12-22(13-11-20)28-14-4-5-15-28;/h4-6,8-13,18H,3,7,14-17,19H2,1-2H3,(H2,25,26,27);1H. The monoisotopic (exact) mass is 536 g/mol. The van der Waals surface area contributed by atoms with E-state index in [9.17, 15) is 0 Å². The Morgan fingerprint density at radius 1 is 1.06 bits per heavy atom. The Kier molecular flexibility index (Phi) is 11.2. The molecule has 31 heavy (non-hydrogen) atoms. The molecular weight excluding hydrogens is 503 g/mol. The van der Waals surface area contributed by atoms with Gasteiger partial charge in [-0.15, -0.1) is 24.0 Å². The summed E-state index contributed by atoms with van der Waals surface area (Å²) in [6.07, 6.45) is 5.27. The van der Waals surface area contributed by atoms with Gasteiger partial charge in [-0.2, -0.15) is 0 Å². The van der Waals surface area contributed by atoms with Crippen LogP contribution >= 0.6 is 24.0 Å². The number of hydrogen-bond acceptors (Lipinski definition) is 4. The number of ether oxygens (including phenoxy) is 2. The lowest BCUT2D eigenvalue weighted by Gasteiger charge is -2.17. The Balaban J connectivity index is 0.00000341. The molecule has 2 aromatic rings. The summed E-state index contributed by atoms with van der Waals surface area (Å²) in [5, 5.41) is 6.67. The molecule has 0 saturated carbocycles. The van der Waals surface area contributed by atoms with Crippen LogP contribution in [0.5, 0.6) is 5.75 Å². The molecule has 3 rings (SSSR count). The smallest absolute Gasteiger partial charge is 0.196 e. The molecule has 6 nitrogen and oxygen atoms in total. The molecule has 1 heterocycles. The van der Waals surface area contributed by atoms with E-state index in [-0.39, 0.29) is 24.0 Å². The predicted molar refractivity (Wildman–Crippen MR) is 140 cm³/mol. The molecule has 168 valence electrons. The zero-order valence-corrected chi connectivity index (χ0v) is 20.7. The molecule has 7 heteroatoms. The molecule has 0 spiro atoms. The maximum Gasteiger partial charge on any atom is 0.196 e. The summed E-state index contributed by atoms with van der Waals surface area (Å²) >= 11 is 0. The average molecular weight is 536 g/mol. The number of anilines is 2. The van der Waals surface area contributed by atoms with Crippen LogP contribution in [-0.4, -0.2) is 45.9 Å². The van der Waals surface area contributed by atoms with Gasteiger partial charge in [-0.05, 0) is 36.8 Å². The molecule has 1 aliphatic heterocycles. The first kappa shape index (κ1) is 25.0. The highest BCUT2D eigenvalue weighted by Crippen LogP contribution is 2.19. The SMILES string of the molecule is CCNC(=NCc1ccc(N2CC=CC2)cc1)Nc1cccc(OCCCOC)c1.I. The topological polar surface area (TPSA) is 58.1 Å². The average Bonchev–Trinajstić information content (AvgIpc) is 3.31. The van der Waals surface area contributed by atoms with Crippen molar-refractivity contribution in [2.24, 2.45) is 4.99 Å². The van der Waals surface area contributed by atoms with Crippen LogP contribution in [0, 0.1) is 0 Å². The third kappa shape index (κ3) is 8.41. The van der Waals surface area contributed by atoms with Crippen molar-refractivity contribution in [1.29, 1.82) is 0 Å². The minimum atomic E-state index is 0. The number of methoxy groups -OCH3 is 1. The third-order valence-electron chi connectivity index (χ3n) is 4.74. The summed E-state index contributed by atoms with van der Waals surface area (Å²) in [5.74, 6) is 1.58. The van der Waals surface area contributed by atoms with Crippen molar-refractivity contribution >= 4 is 41.3 Å². The van der Waals surface area contributed by atoms with Crippen LogP contribution in [0.1, 0.15) is 18.9 Å². The van der Waals surface area contributed by atoms with Gasteiger partial charge in [0.05, 0.1) is 13.2 Å². The summed E-state index contributed by atoms with van der Waals surface area (Å²) in [7, 11) is 1.70. The van der Waals surface area contributed by atoms with E-state index in [1.165, 1.54) is 11.3 Å². The summed E-state index contributed by atoms with van der Waals surface area (Å²) in [5.41, 5.74) is 3.37. The van der Waals surface area contributed by atoms with Crippen molar-refractivity contribution in [2.45, 2.75) is 19.9 Å². The Hall–Kier alpha value is -2.26. The number of rotatable bonds is 10. The van der Waals surface area contributed by atoms with Crippen LogP contribution in [0.15, 0.2) is 65.7 Å². The molecule has 0 bridgehead atoms. The minimum absolute atomic E-state index is 0.